The van der Waals surface area contributed by atoms with Gasteiger partial charge in [-0.05, 0) is 28.9 Å². The molecule has 68 valence electrons. The van der Waals surface area contributed by atoms with E-state index < -0.39 is 5.97 Å². The molecule has 0 amide bonds. The van der Waals surface area contributed by atoms with Crippen LogP contribution in [0.4, 0.5) is 0 Å². The van der Waals surface area contributed by atoms with Crippen molar-refractivity contribution >= 4 is 21.9 Å². The SMILES string of the molecule is CC#CCn1cc(C(=O)O)cc1Br. The van der Waals surface area contributed by atoms with Gasteiger partial charge >= 0.3 is 5.97 Å². The maximum atomic E-state index is 10.6. The first-order valence-electron chi connectivity index (χ1n) is 3.63. The fourth-order valence-electron chi connectivity index (χ4n) is 0.880. The highest BCUT2D eigenvalue weighted by atomic mass is 79.9. The van der Waals surface area contributed by atoms with Crippen LogP contribution in [0, 0.1) is 11.8 Å². The third kappa shape index (κ3) is 2.36. The molecule has 0 bridgehead atoms. The minimum absolute atomic E-state index is 0.268. The third-order valence-corrected chi connectivity index (χ3v) is 2.20. The Kier molecular flexibility index (Phi) is 3.15. The smallest absolute Gasteiger partial charge is 0.337 e. The fourth-order valence-corrected chi connectivity index (χ4v) is 1.35. The summed E-state index contributed by atoms with van der Waals surface area (Å²) in [5, 5.41) is 8.68. The number of rotatable bonds is 2. The van der Waals surface area contributed by atoms with Gasteiger partial charge in [0.15, 0.2) is 0 Å². The van der Waals surface area contributed by atoms with Crippen LogP contribution in [-0.4, -0.2) is 15.6 Å². The molecule has 0 fully saturated rings. The van der Waals surface area contributed by atoms with Crippen LogP contribution in [-0.2, 0) is 6.54 Å². The van der Waals surface area contributed by atoms with Gasteiger partial charge in [-0.1, -0.05) is 5.92 Å². The summed E-state index contributed by atoms with van der Waals surface area (Å²) in [7, 11) is 0. The normalized spacial score (nSPS) is 9.08. The van der Waals surface area contributed by atoms with E-state index in [9.17, 15) is 4.79 Å². The van der Waals surface area contributed by atoms with Crippen molar-refractivity contribution in [1.82, 2.24) is 4.57 Å². The standard InChI is InChI=1S/C9H8BrNO2/c1-2-3-4-11-6-7(9(12)13)5-8(11)10/h5-6H,4H2,1H3,(H,12,13). The van der Waals surface area contributed by atoms with E-state index in [1.54, 1.807) is 23.8 Å². The first-order valence-corrected chi connectivity index (χ1v) is 4.43. The Morgan fingerprint density at radius 3 is 2.92 bits per heavy atom. The second-order valence-electron chi connectivity index (χ2n) is 2.41. The maximum Gasteiger partial charge on any atom is 0.337 e. The van der Waals surface area contributed by atoms with E-state index in [-0.39, 0.29) is 5.56 Å². The molecule has 0 aliphatic carbocycles. The van der Waals surface area contributed by atoms with Crippen LogP contribution in [0.15, 0.2) is 16.9 Å². The Morgan fingerprint density at radius 2 is 2.46 bits per heavy atom. The number of carbonyl (C=O) groups is 1. The van der Waals surface area contributed by atoms with Crippen LogP contribution in [0.2, 0.25) is 0 Å². The Bertz CT molecular complexity index is 384. The fraction of sp³-hybridized carbons (Fsp3) is 0.222. The summed E-state index contributed by atoms with van der Waals surface area (Å²) in [5.41, 5.74) is 0.268. The second kappa shape index (κ2) is 4.15. The number of nitrogens with zero attached hydrogens (tertiary/aromatic N) is 1. The zero-order chi connectivity index (χ0) is 9.84. The van der Waals surface area contributed by atoms with Crippen molar-refractivity contribution in [2.75, 3.05) is 0 Å². The number of halogens is 1. The Morgan fingerprint density at radius 1 is 1.77 bits per heavy atom. The van der Waals surface area contributed by atoms with Gasteiger partial charge in [0.2, 0.25) is 0 Å². The Labute approximate surface area is 84.5 Å². The molecule has 0 aliphatic rings. The average molecular weight is 242 g/mol. The predicted octanol–water partition coefficient (Wildman–Crippen LogP) is 1.97. The lowest BCUT2D eigenvalue weighted by Crippen LogP contribution is -1.95. The summed E-state index contributed by atoms with van der Waals surface area (Å²) in [6.45, 7) is 2.25. The van der Waals surface area contributed by atoms with Crippen molar-refractivity contribution in [3.8, 4) is 11.8 Å². The van der Waals surface area contributed by atoms with E-state index in [0.29, 0.717) is 6.54 Å². The largest absolute Gasteiger partial charge is 0.478 e. The van der Waals surface area contributed by atoms with Crippen LogP contribution >= 0.6 is 15.9 Å². The zero-order valence-electron chi connectivity index (χ0n) is 7.04. The van der Waals surface area contributed by atoms with E-state index in [1.165, 1.54) is 0 Å². The molecule has 0 saturated carbocycles. The molecule has 1 aromatic heterocycles. The number of carboxylic acid groups (broad SMARTS) is 1. The number of hydrogen-bond donors (Lipinski definition) is 1. The second-order valence-corrected chi connectivity index (χ2v) is 3.22. The van der Waals surface area contributed by atoms with Gasteiger partial charge in [0, 0.05) is 6.20 Å². The first-order chi connectivity index (χ1) is 6.15. The highest BCUT2D eigenvalue weighted by Crippen LogP contribution is 2.14. The topological polar surface area (TPSA) is 42.2 Å². The molecule has 13 heavy (non-hydrogen) atoms. The van der Waals surface area contributed by atoms with E-state index in [4.69, 9.17) is 5.11 Å². The van der Waals surface area contributed by atoms with E-state index in [0.717, 1.165) is 4.60 Å². The molecule has 0 aliphatic heterocycles. The molecule has 0 radical (unpaired) electrons. The Balaban J connectivity index is 2.94. The quantitative estimate of drug-likeness (QED) is 0.805. The molecule has 0 atom stereocenters. The molecule has 1 aromatic rings. The van der Waals surface area contributed by atoms with Crippen molar-refractivity contribution < 1.29 is 9.90 Å². The van der Waals surface area contributed by atoms with Gasteiger partial charge in [-0.2, -0.15) is 0 Å². The molecular weight excluding hydrogens is 234 g/mol. The molecule has 0 aromatic carbocycles. The predicted molar refractivity (Wildman–Crippen MR) is 52.5 cm³/mol. The first kappa shape index (κ1) is 9.87. The van der Waals surface area contributed by atoms with Gasteiger partial charge in [0.05, 0.1) is 16.7 Å². The van der Waals surface area contributed by atoms with Crippen molar-refractivity contribution in [3.05, 3.63) is 22.4 Å². The summed E-state index contributed by atoms with van der Waals surface area (Å²) < 4.78 is 2.47. The molecule has 1 heterocycles. The summed E-state index contributed by atoms with van der Waals surface area (Å²) >= 11 is 3.25. The lowest BCUT2D eigenvalue weighted by atomic mass is 10.4. The van der Waals surface area contributed by atoms with Crippen LogP contribution in [0.3, 0.4) is 0 Å². The average Bonchev–Trinajstić information content (AvgIpc) is 2.44. The molecular formula is C9H8BrNO2. The Hall–Kier alpha value is -1.21. The van der Waals surface area contributed by atoms with Gasteiger partial charge in [-0.3, -0.25) is 0 Å². The molecule has 0 unspecified atom stereocenters. The van der Waals surface area contributed by atoms with Crippen LogP contribution in [0.1, 0.15) is 17.3 Å². The van der Waals surface area contributed by atoms with Gasteiger partial charge in [-0.25, -0.2) is 4.79 Å². The molecule has 0 spiro atoms. The van der Waals surface area contributed by atoms with Crippen molar-refractivity contribution in [2.24, 2.45) is 0 Å². The molecule has 3 nitrogen and oxygen atoms in total. The number of aromatic carboxylic acids is 1. The highest BCUT2D eigenvalue weighted by Gasteiger charge is 2.07. The van der Waals surface area contributed by atoms with E-state index >= 15 is 0 Å². The summed E-state index contributed by atoms with van der Waals surface area (Å²) in [6.07, 6.45) is 1.55. The zero-order valence-corrected chi connectivity index (χ0v) is 8.63. The number of hydrogen-bond acceptors (Lipinski definition) is 1. The summed E-state index contributed by atoms with van der Waals surface area (Å²) in [6, 6.07) is 1.56. The summed E-state index contributed by atoms with van der Waals surface area (Å²) in [5.74, 6) is 4.66. The highest BCUT2D eigenvalue weighted by molar-refractivity contribution is 9.10. The number of aromatic nitrogens is 1. The van der Waals surface area contributed by atoms with Gasteiger partial charge < -0.3 is 9.67 Å². The van der Waals surface area contributed by atoms with Crippen LogP contribution in [0.25, 0.3) is 0 Å². The molecule has 0 saturated heterocycles. The summed E-state index contributed by atoms with van der Waals surface area (Å²) in [4.78, 5) is 10.6. The van der Waals surface area contributed by atoms with E-state index in [1.807, 2.05) is 0 Å². The minimum atomic E-state index is -0.927. The van der Waals surface area contributed by atoms with Crippen molar-refractivity contribution in [2.45, 2.75) is 13.5 Å². The van der Waals surface area contributed by atoms with E-state index in [2.05, 4.69) is 27.8 Å². The lowest BCUT2D eigenvalue weighted by molar-refractivity contribution is 0.0697. The van der Waals surface area contributed by atoms with Gasteiger partial charge in [0.1, 0.15) is 0 Å². The number of carboxylic acids is 1. The monoisotopic (exact) mass is 241 g/mol. The third-order valence-electron chi connectivity index (χ3n) is 1.52. The van der Waals surface area contributed by atoms with Crippen molar-refractivity contribution in [3.63, 3.8) is 0 Å². The van der Waals surface area contributed by atoms with Crippen LogP contribution in [0.5, 0.6) is 0 Å². The van der Waals surface area contributed by atoms with Crippen molar-refractivity contribution in [1.29, 1.82) is 0 Å². The van der Waals surface area contributed by atoms with Crippen LogP contribution < -0.4 is 0 Å². The van der Waals surface area contributed by atoms with Gasteiger partial charge in [-0.15, -0.1) is 5.92 Å². The maximum absolute atomic E-state index is 10.6. The molecule has 1 N–H and O–H groups in total. The minimum Gasteiger partial charge on any atom is -0.478 e. The van der Waals surface area contributed by atoms with Gasteiger partial charge in [0.25, 0.3) is 0 Å². The molecule has 4 heteroatoms. The lowest BCUT2D eigenvalue weighted by Gasteiger charge is -1.95. The molecule has 1 rings (SSSR count).